The lowest BCUT2D eigenvalue weighted by molar-refractivity contribution is -0.156. The quantitative estimate of drug-likeness (QED) is 0.625. The normalized spacial score (nSPS) is 12.7. The van der Waals surface area contributed by atoms with Crippen LogP contribution in [0.1, 0.15) is 41.8 Å². The van der Waals surface area contributed by atoms with Gasteiger partial charge < -0.3 is 4.74 Å². The van der Waals surface area contributed by atoms with Crippen molar-refractivity contribution in [1.29, 1.82) is 5.26 Å². The predicted octanol–water partition coefficient (Wildman–Crippen LogP) is 3.61. The highest BCUT2D eigenvalue weighted by molar-refractivity contribution is 6.09. The van der Waals surface area contributed by atoms with Crippen LogP contribution in [0.3, 0.4) is 0 Å². The van der Waals surface area contributed by atoms with Crippen molar-refractivity contribution >= 4 is 11.8 Å². The van der Waals surface area contributed by atoms with Gasteiger partial charge in [0.1, 0.15) is 5.60 Å². The SMILES string of the molecule is CC(=O)OC(C)(CC#N)c1cccc(C(=O)c2ccccc2)c1. The first-order valence-corrected chi connectivity index (χ1v) is 7.23. The topological polar surface area (TPSA) is 67.2 Å². The van der Waals surface area contributed by atoms with Crippen LogP contribution in [0, 0.1) is 11.3 Å². The summed E-state index contributed by atoms with van der Waals surface area (Å²) in [5.41, 5.74) is 0.619. The summed E-state index contributed by atoms with van der Waals surface area (Å²) in [5, 5.41) is 9.02. The fourth-order valence-electron chi connectivity index (χ4n) is 2.41. The van der Waals surface area contributed by atoms with Crippen molar-refractivity contribution in [1.82, 2.24) is 0 Å². The van der Waals surface area contributed by atoms with E-state index >= 15 is 0 Å². The molecule has 2 aromatic rings. The second kappa shape index (κ2) is 6.89. The van der Waals surface area contributed by atoms with E-state index in [1.807, 2.05) is 12.1 Å². The van der Waals surface area contributed by atoms with Crippen LogP contribution < -0.4 is 0 Å². The first-order chi connectivity index (χ1) is 11.0. The summed E-state index contributed by atoms with van der Waals surface area (Å²) in [6, 6.07) is 17.8. The maximum Gasteiger partial charge on any atom is 0.303 e. The molecule has 0 spiro atoms. The van der Waals surface area contributed by atoms with Gasteiger partial charge in [0.15, 0.2) is 5.78 Å². The van der Waals surface area contributed by atoms with Crippen LogP contribution in [0.5, 0.6) is 0 Å². The van der Waals surface area contributed by atoms with Gasteiger partial charge >= 0.3 is 5.97 Å². The average Bonchev–Trinajstić information content (AvgIpc) is 2.54. The minimum Gasteiger partial charge on any atom is -0.454 e. The molecule has 0 bridgehead atoms. The molecule has 0 radical (unpaired) electrons. The van der Waals surface area contributed by atoms with Gasteiger partial charge in [-0.05, 0) is 18.6 Å². The van der Waals surface area contributed by atoms with Gasteiger partial charge in [-0.1, -0.05) is 48.5 Å². The van der Waals surface area contributed by atoms with Crippen LogP contribution in [0.4, 0.5) is 0 Å². The molecule has 0 aromatic heterocycles. The minimum absolute atomic E-state index is 0.00948. The van der Waals surface area contributed by atoms with Crippen molar-refractivity contribution in [2.75, 3.05) is 0 Å². The number of ether oxygens (including phenoxy) is 1. The molecule has 0 aliphatic carbocycles. The number of esters is 1. The standard InChI is InChI=1S/C19H17NO3/c1-14(21)23-19(2,11-12-20)17-10-6-9-16(13-17)18(22)15-7-4-3-5-8-15/h3-10,13H,11H2,1-2H3. The van der Waals surface area contributed by atoms with Crippen molar-refractivity contribution in [3.05, 3.63) is 71.3 Å². The molecule has 116 valence electrons. The van der Waals surface area contributed by atoms with Crippen LogP contribution >= 0.6 is 0 Å². The van der Waals surface area contributed by atoms with Crippen molar-refractivity contribution in [2.45, 2.75) is 25.9 Å². The van der Waals surface area contributed by atoms with E-state index in [1.165, 1.54) is 6.92 Å². The lowest BCUT2D eigenvalue weighted by Gasteiger charge is -2.27. The Morgan fingerprint density at radius 1 is 1.09 bits per heavy atom. The van der Waals surface area contributed by atoms with Gasteiger partial charge in [-0.15, -0.1) is 0 Å². The number of ketones is 1. The summed E-state index contributed by atoms with van der Waals surface area (Å²) in [4.78, 5) is 23.9. The van der Waals surface area contributed by atoms with Gasteiger partial charge in [-0.2, -0.15) is 5.26 Å². The summed E-state index contributed by atoms with van der Waals surface area (Å²) in [6.45, 7) is 2.97. The first-order valence-electron chi connectivity index (χ1n) is 7.23. The number of hydrogen-bond acceptors (Lipinski definition) is 4. The lowest BCUT2D eigenvalue weighted by Crippen LogP contribution is -2.28. The monoisotopic (exact) mass is 307 g/mol. The van der Waals surface area contributed by atoms with Crippen LogP contribution in [0.15, 0.2) is 54.6 Å². The van der Waals surface area contributed by atoms with E-state index in [0.717, 1.165) is 0 Å². The van der Waals surface area contributed by atoms with E-state index in [-0.39, 0.29) is 12.2 Å². The third-order valence-electron chi connectivity index (χ3n) is 3.56. The molecule has 0 aliphatic heterocycles. The van der Waals surface area contributed by atoms with Crippen LogP contribution in [0.2, 0.25) is 0 Å². The highest BCUT2D eigenvalue weighted by Crippen LogP contribution is 2.30. The molecule has 2 rings (SSSR count). The Morgan fingerprint density at radius 3 is 2.35 bits per heavy atom. The maximum atomic E-state index is 12.5. The first kappa shape index (κ1) is 16.4. The number of benzene rings is 2. The summed E-state index contributed by atoms with van der Waals surface area (Å²) >= 11 is 0. The zero-order valence-corrected chi connectivity index (χ0v) is 13.1. The van der Waals surface area contributed by atoms with Crippen molar-refractivity contribution in [3.8, 4) is 6.07 Å². The third-order valence-corrected chi connectivity index (χ3v) is 3.56. The van der Waals surface area contributed by atoms with Crippen molar-refractivity contribution in [3.63, 3.8) is 0 Å². The van der Waals surface area contributed by atoms with Crippen LogP contribution in [-0.4, -0.2) is 11.8 Å². The summed E-state index contributed by atoms with van der Waals surface area (Å²) in [6.07, 6.45) is 0.00948. The zero-order chi connectivity index (χ0) is 16.9. The number of carbonyl (C=O) groups is 2. The Hall–Kier alpha value is -2.93. The second-order valence-electron chi connectivity index (χ2n) is 5.44. The zero-order valence-electron chi connectivity index (χ0n) is 13.1. The van der Waals surface area contributed by atoms with Gasteiger partial charge in [-0.25, -0.2) is 0 Å². The number of nitriles is 1. The largest absolute Gasteiger partial charge is 0.454 e. The van der Waals surface area contributed by atoms with E-state index in [4.69, 9.17) is 10.00 Å². The Balaban J connectivity index is 2.41. The number of hydrogen-bond donors (Lipinski definition) is 0. The molecule has 1 unspecified atom stereocenters. The number of nitrogens with zero attached hydrogens (tertiary/aromatic N) is 1. The van der Waals surface area contributed by atoms with E-state index in [0.29, 0.717) is 16.7 Å². The maximum absolute atomic E-state index is 12.5. The Labute approximate surface area is 135 Å². The van der Waals surface area contributed by atoms with Gasteiger partial charge in [0.2, 0.25) is 0 Å². The Bertz CT molecular complexity index is 762. The Kier molecular flexibility index (Phi) is 4.92. The molecular weight excluding hydrogens is 290 g/mol. The molecule has 0 fully saturated rings. The molecule has 1 atom stereocenters. The molecule has 0 saturated carbocycles. The van der Waals surface area contributed by atoms with Crippen LogP contribution in [-0.2, 0) is 15.1 Å². The number of carbonyl (C=O) groups excluding carboxylic acids is 2. The van der Waals surface area contributed by atoms with Gasteiger partial charge in [-0.3, -0.25) is 9.59 Å². The van der Waals surface area contributed by atoms with Gasteiger partial charge in [0.05, 0.1) is 12.5 Å². The van der Waals surface area contributed by atoms with E-state index < -0.39 is 11.6 Å². The molecule has 4 nitrogen and oxygen atoms in total. The van der Waals surface area contributed by atoms with Gasteiger partial charge in [0.25, 0.3) is 0 Å². The fourth-order valence-corrected chi connectivity index (χ4v) is 2.41. The minimum atomic E-state index is -1.08. The molecule has 2 aromatic carbocycles. The summed E-state index contributed by atoms with van der Waals surface area (Å²) in [7, 11) is 0. The highest BCUT2D eigenvalue weighted by Gasteiger charge is 2.30. The molecule has 0 amide bonds. The number of rotatable bonds is 5. The predicted molar refractivity (Wildman–Crippen MR) is 85.7 cm³/mol. The molecule has 0 heterocycles. The summed E-state index contributed by atoms with van der Waals surface area (Å²) < 4.78 is 5.33. The Morgan fingerprint density at radius 2 is 1.74 bits per heavy atom. The van der Waals surface area contributed by atoms with Gasteiger partial charge in [0, 0.05) is 18.1 Å². The lowest BCUT2D eigenvalue weighted by atomic mass is 9.90. The average molecular weight is 307 g/mol. The van der Waals surface area contributed by atoms with Crippen LogP contribution in [0.25, 0.3) is 0 Å². The van der Waals surface area contributed by atoms with Crippen molar-refractivity contribution < 1.29 is 14.3 Å². The van der Waals surface area contributed by atoms with Crippen molar-refractivity contribution in [2.24, 2.45) is 0 Å². The molecule has 0 saturated heterocycles. The molecule has 0 N–H and O–H groups in total. The van der Waals surface area contributed by atoms with E-state index in [1.54, 1.807) is 55.5 Å². The summed E-state index contributed by atoms with van der Waals surface area (Å²) in [5.74, 6) is -0.586. The molecular formula is C19H17NO3. The third kappa shape index (κ3) is 3.83. The van der Waals surface area contributed by atoms with E-state index in [2.05, 4.69) is 0 Å². The van der Waals surface area contributed by atoms with E-state index in [9.17, 15) is 9.59 Å². The molecule has 4 heteroatoms. The smallest absolute Gasteiger partial charge is 0.303 e. The molecule has 23 heavy (non-hydrogen) atoms. The fraction of sp³-hybridized carbons (Fsp3) is 0.211. The highest BCUT2D eigenvalue weighted by atomic mass is 16.6. The second-order valence-corrected chi connectivity index (χ2v) is 5.44. The molecule has 0 aliphatic rings.